The molecular weight excluding hydrogens is 270 g/mol. The maximum atomic E-state index is 13.6. The van der Waals surface area contributed by atoms with E-state index in [0.29, 0.717) is 0 Å². The predicted molar refractivity (Wildman–Crippen MR) is 70.3 cm³/mol. The molecule has 0 bridgehead atoms. The van der Waals surface area contributed by atoms with Crippen LogP contribution in [-0.2, 0) is 4.74 Å². The lowest BCUT2D eigenvalue weighted by atomic mass is 10.1. The van der Waals surface area contributed by atoms with E-state index in [4.69, 9.17) is 9.94 Å². The van der Waals surface area contributed by atoms with Gasteiger partial charge in [0.05, 0.1) is 6.54 Å². The van der Waals surface area contributed by atoms with E-state index in [9.17, 15) is 13.6 Å². The van der Waals surface area contributed by atoms with Gasteiger partial charge < -0.3 is 10.1 Å². The second-order valence-electron chi connectivity index (χ2n) is 4.98. The number of quaternary nitrogens is 1. The SMILES string of the molecule is C=C(/C=C\C=C/[NH2+]O)C(F)(F)CNC(=O)OC(C)(C)C. The van der Waals surface area contributed by atoms with E-state index in [1.54, 1.807) is 20.8 Å². The molecule has 0 saturated heterocycles. The maximum Gasteiger partial charge on any atom is 0.407 e. The number of hydrogen-bond acceptors (Lipinski definition) is 3. The highest BCUT2D eigenvalue weighted by Gasteiger charge is 2.32. The van der Waals surface area contributed by atoms with Crippen molar-refractivity contribution in [2.45, 2.75) is 32.3 Å². The summed E-state index contributed by atoms with van der Waals surface area (Å²) in [5.74, 6) is -3.29. The van der Waals surface area contributed by atoms with Crippen molar-refractivity contribution < 1.29 is 29.0 Å². The van der Waals surface area contributed by atoms with Gasteiger partial charge >= 0.3 is 6.09 Å². The van der Waals surface area contributed by atoms with Gasteiger partial charge in [0.1, 0.15) is 11.8 Å². The molecule has 0 atom stereocenters. The molecule has 0 aromatic heterocycles. The van der Waals surface area contributed by atoms with E-state index < -0.39 is 29.7 Å². The predicted octanol–water partition coefficient (Wildman–Crippen LogP) is 1.73. The Balaban J connectivity index is 4.37. The van der Waals surface area contributed by atoms with Crippen molar-refractivity contribution in [3.63, 3.8) is 0 Å². The van der Waals surface area contributed by atoms with Crippen molar-refractivity contribution in [1.29, 1.82) is 0 Å². The van der Waals surface area contributed by atoms with Crippen molar-refractivity contribution >= 4 is 6.09 Å². The Labute approximate surface area is 117 Å². The molecule has 0 rings (SSSR count). The van der Waals surface area contributed by atoms with Crippen LogP contribution in [0.2, 0.25) is 0 Å². The molecular formula is C13H21F2N2O3+. The Morgan fingerprint density at radius 2 is 2.00 bits per heavy atom. The Morgan fingerprint density at radius 1 is 1.40 bits per heavy atom. The number of halogens is 2. The second kappa shape index (κ2) is 7.76. The average molecular weight is 291 g/mol. The van der Waals surface area contributed by atoms with Crippen LogP contribution in [0.3, 0.4) is 0 Å². The Morgan fingerprint density at radius 3 is 2.50 bits per heavy atom. The molecule has 114 valence electrons. The first kappa shape index (κ1) is 18.3. The summed E-state index contributed by atoms with van der Waals surface area (Å²) >= 11 is 0. The first-order valence-corrected chi connectivity index (χ1v) is 5.93. The van der Waals surface area contributed by atoms with Crippen LogP contribution < -0.4 is 10.8 Å². The van der Waals surface area contributed by atoms with E-state index in [2.05, 4.69) is 6.58 Å². The highest BCUT2D eigenvalue weighted by atomic mass is 19.3. The number of allylic oxidation sites excluding steroid dienone is 3. The Bertz CT molecular complexity index is 399. The first-order valence-electron chi connectivity index (χ1n) is 5.93. The normalized spacial score (nSPS) is 12.9. The monoisotopic (exact) mass is 291 g/mol. The average Bonchev–Trinajstić information content (AvgIpc) is 2.30. The molecule has 4 N–H and O–H groups in total. The van der Waals surface area contributed by atoms with Gasteiger partial charge in [-0.15, -0.1) is 0 Å². The lowest BCUT2D eigenvalue weighted by Crippen LogP contribution is -2.73. The smallest absolute Gasteiger partial charge is 0.407 e. The zero-order chi connectivity index (χ0) is 15.8. The fourth-order valence-electron chi connectivity index (χ4n) is 1.02. The quantitative estimate of drug-likeness (QED) is 0.515. The van der Waals surface area contributed by atoms with E-state index in [0.717, 1.165) is 11.6 Å². The molecule has 0 aromatic carbocycles. The topological polar surface area (TPSA) is 75.2 Å². The van der Waals surface area contributed by atoms with Crippen LogP contribution in [0.4, 0.5) is 13.6 Å². The van der Waals surface area contributed by atoms with E-state index in [1.165, 1.54) is 18.4 Å². The van der Waals surface area contributed by atoms with Crippen LogP contribution in [0.25, 0.3) is 0 Å². The lowest BCUT2D eigenvalue weighted by molar-refractivity contribution is -0.838. The number of carbonyl (C=O) groups is 1. The highest BCUT2D eigenvalue weighted by Crippen LogP contribution is 2.23. The largest absolute Gasteiger partial charge is 0.444 e. The van der Waals surface area contributed by atoms with Crippen molar-refractivity contribution in [3.8, 4) is 0 Å². The lowest BCUT2D eigenvalue weighted by Gasteiger charge is -2.22. The van der Waals surface area contributed by atoms with Crippen LogP contribution in [0.15, 0.2) is 36.6 Å². The van der Waals surface area contributed by atoms with Crippen molar-refractivity contribution in [2.75, 3.05) is 6.54 Å². The summed E-state index contributed by atoms with van der Waals surface area (Å²) in [6, 6.07) is 0. The number of alkyl carbamates (subject to hydrolysis) is 1. The molecule has 1 amide bonds. The molecule has 7 heteroatoms. The van der Waals surface area contributed by atoms with Crippen LogP contribution >= 0.6 is 0 Å². The van der Waals surface area contributed by atoms with Crippen LogP contribution in [0.5, 0.6) is 0 Å². The molecule has 0 radical (unpaired) electrons. The first-order chi connectivity index (χ1) is 9.08. The van der Waals surface area contributed by atoms with E-state index in [1.807, 2.05) is 5.32 Å². The molecule has 0 fully saturated rings. The van der Waals surface area contributed by atoms with Gasteiger partial charge in [-0.1, -0.05) is 18.7 Å². The molecule has 0 aliphatic rings. The molecule has 0 saturated carbocycles. The number of nitrogens with two attached hydrogens (primary N) is 1. The Hall–Kier alpha value is -1.73. The molecule has 0 unspecified atom stereocenters. The van der Waals surface area contributed by atoms with Gasteiger partial charge in [0.15, 0.2) is 0 Å². The molecule has 0 aliphatic heterocycles. The summed E-state index contributed by atoms with van der Waals surface area (Å²) in [5.41, 5.74) is -0.437. The van der Waals surface area contributed by atoms with Gasteiger partial charge in [-0.25, -0.2) is 10.0 Å². The third-order valence-electron chi connectivity index (χ3n) is 1.93. The number of ether oxygens (including phenoxy) is 1. The molecule has 0 aromatic rings. The number of amides is 1. The number of rotatable bonds is 6. The van der Waals surface area contributed by atoms with Crippen LogP contribution in [-0.4, -0.2) is 29.4 Å². The zero-order valence-corrected chi connectivity index (χ0v) is 11.8. The minimum absolute atomic E-state index is 0.462. The standard InChI is InChI=1S/C13H20F2N2O3/c1-10(7-5-6-8-17-19)13(14,15)9-16-11(18)20-12(2,3)4/h5-8,17,19H,1,9H2,2-4H3,(H,16,18)/p+1/b7-5-,8-6-. The van der Waals surface area contributed by atoms with Gasteiger partial charge in [0.2, 0.25) is 0 Å². The van der Waals surface area contributed by atoms with Gasteiger partial charge in [-0.05, 0) is 26.8 Å². The highest BCUT2D eigenvalue weighted by molar-refractivity contribution is 5.67. The molecule has 0 spiro atoms. The van der Waals surface area contributed by atoms with Crippen molar-refractivity contribution in [2.24, 2.45) is 0 Å². The van der Waals surface area contributed by atoms with Crippen LogP contribution in [0.1, 0.15) is 20.8 Å². The van der Waals surface area contributed by atoms with Crippen LogP contribution in [0, 0.1) is 0 Å². The number of hydroxylamine groups is 1. The van der Waals surface area contributed by atoms with Gasteiger partial charge in [-0.3, -0.25) is 0 Å². The molecule has 20 heavy (non-hydrogen) atoms. The van der Waals surface area contributed by atoms with Crippen molar-refractivity contribution in [3.05, 3.63) is 36.6 Å². The molecule has 5 nitrogen and oxygen atoms in total. The molecule has 0 aliphatic carbocycles. The second-order valence-corrected chi connectivity index (χ2v) is 4.98. The maximum absolute atomic E-state index is 13.6. The van der Waals surface area contributed by atoms with Crippen molar-refractivity contribution in [1.82, 2.24) is 5.32 Å². The summed E-state index contributed by atoms with van der Waals surface area (Å²) < 4.78 is 32.1. The van der Waals surface area contributed by atoms with E-state index in [-0.39, 0.29) is 0 Å². The number of carbonyl (C=O) groups excluding carboxylic acids is 1. The van der Waals surface area contributed by atoms with E-state index >= 15 is 0 Å². The fourth-order valence-corrected chi connectivity index (χ4v) is 1.02. The minimum Gasteiger partial charge on any atom is -0.444 e. The third-order valence-corrected chi connectivity index (χ3v) is 1.93. The van der Waals surface area contributed by atoms with Gasteiger partial charge in [0, 0.05) is 5.57 Å². The summed E-state index contributed by atoms with van der Waals surface area (Å²) in [6.07, 6.45) is 4.11. The van der Waals surface area contributed by atoms with Gasteiger partial charge in [0.25, 0.3) is 5.92 Å². The number of alkyl halides is 2. The van der Waals surface area contributed by atoms with Gasteiger partial charge in [-0.2, -0.15) is 14.3 Å². The number of hydrogen-bond donors (Lipinski definition) is 3. The fraction of sp³-hybridized carbons (Fsp3) is 0.462. The summed E-state index contributed by atoms with van der Waals surface area (Å²) in [7, 11) is 0. The molecule has 0 heterocycles. The summed E-state index contributed by atoms with van der Waals surface area (Å²) in [5, 5.41) is 10.3. The minimum atomic E-state index is -3.29. The third kappa shape index (κ3) is 8.39. The Kier molecular flexibility index (Phi) is 7.09. The summed E-state index contributed by atoms with van der Waals surface area (Å²) in [6.45, 7) is 7.25. The number of nitrogens with one attached hydrogen (secondary N) is 1. The summed E-state index contributed by atoms with van der Waals surface area (Å²) in [4.78, 5) is 11.3. The zero-order valence-electron chi connectivity index (χ0n) is 11.8.